The summed E-state index contributed by atoms with van der Waals surface area (Å²) in [6.07, 6.45) is 4.76. The van der Waals surface area contributed by atoms with Crippen molar-refractivity contribution < 1.29 is 28.9 Å². The minimum atomic E-state index is -0.780. The fourth-order valence-corrected chi connectivity index (χ4v) is 3.82. The van der Waals surface area contributed by atoms with Gasteiger partial charge >= 0.3 is 11.9 Å². The zero-order valence-corrected chi connectivity index (χ0v) is 21.2. The van der Waals surface area contributed by atoms with Gasteiger partial charge in [-0.2, -0.15) is 0 Å². The van der Waals surface area contributed by atoms with Crippen LogP contribution in [-0.2, 0) is 27.2 Å². The second-order valence-corrected chi connectivity index (χ2v) is 8.95. The second-order valence-electron chi connectivity index (χ2n) is 8.95. The van der Waals surface area contributed by atoms with E-state index in [-0.39, 0.29) is 25.1 Å². The van der Waals surface area contributed by atoms with Gasteiger partial charge in [-0.3, -0.25) is 9.59 Å². The zero-order valence-electron chi connectivity index (χ0n) is 21.2. The molecule has 0 fully saturated rings. The number of para-hydroxylation sites is 1. The Morgan fingerprint density at radius 1 is 0.943 bits per heavy atom. The van der Waals surface area contributed by atoms with Crippen molar-refractivity contribution in [1.29, 1.82) is 0 Å². The molecule has 0 radical (unpaired) electrons. The normalized spacial score (nSPS) is 11.8. The highest BCUT2D eigenvalue weighted by Gasteiger charge is 2.17. The Morgan fingerprint density at radius 3 is 2.40 bits per heavy atom. The molecule has 0 bridgehead atoms. The van der Waals surface area contributed by atoms with Crippen LogP contribution in [0.1, 0.15) is 49.7 Å². The van der Waals surface area contributed by atoms with Crippen LogP contribution in [0.4, 0.5) is 0 Å². The Morgan fingerprint density at radius 2 is 1.69 bits per heavy atom. The third kappa shape index (κ3) is 11.8. The summed E-state index contributed by atoms with van der Waals surface area (Å²) in [5, 5.41) is 8.69. The van der Waals surface area contributed by atoms with Crippen molar-refractivity contribution in [3.05, 3.63) is 59.7 Å². The monoisotopic (exact) mass is 485 g/mol. The molecule has 7 nitrogen and oxygen atoms in total. The number of carbonyl (C=O) groups excluding carboxylic acids is 1. The predicted octanol–water partition coefficient (Wildman–Crippen LogP) is 4.76. The summed E-state index contributed by atoms with van der Waals surface area (Å²) in [6, 6.07) is 16.0. The number of carboxylic acid groups (broad SMARTS) is 1. The molecule has 2 aromatic rings. The first-order valence-corrected chi connectivity index (χ1v) is 12.3. The number of methoxy groups -OCH3 is 1. The van der Waals surface area contributed by atoms with Gasteiger partial charge in [-0.25, -0.2) is 0 Å². The number of unbranched alkanes of at least 4 members (excludes halogenated alkanes) is 3. The van der Waals surface area contributed by atoms with E-state index in [0.717, 1.165) is 42.7 Å². The number of aliphatic carboxylic acids is 1. The second kappa shape index (κ2) is 15.8. The van der Waals surface area contributed by atoms with Gasteiger partial charge < -0.3 is 24.2 Å². The summed E-state index contributed by atoms with van der Waals surface area (Å²) in [7, 11) is 5.54. The summed E-state index contributed by atoms with van der Waals surface area (Å²) < 4.78 is 17.2. The van der Waals surface area contributed by atoms with E-state index in [2.05, 4.69) is 12.1 Å². The van der Waals surface area contributed by atoms with Crippen molar-refractivity contribution in [2.45, 2.75) is 57.5 Å². The fraction of sp³-hybridized carbons (Fsp3) is 0.500. The minimum Gasteiger partial charge on any atom is -0.497 e. The standard InChI is InChI=1S/C28H39NO6/c1-29(2)20-25(35-28(32)16-7-5-4-6-15-27(30)31)21-34-26-14-9-8-12-23(26)18-17-22-11-10-13-24(19-22)33-3/h8-14,19,25H,4-7,15-18,20-21H2,1-3H3,(H,30,31)/t25-/m0/s1. The highest BCUT2D eigenvalue weighted by Crippen LogP contribution is 2.22. The Kier molecular flexibility index (Phi) is 12.7. The predicted molar refractivity (Wildman–Crippen MR) is 136 cm³/mol. The number of rotatable bonds is 17. The lowest BCUT2D eigenvalue weighted by Crippen LogP contribution is -2.35. The van der Waals surface area contributed by atoms with Crippen LogP contribution in [0, 0.1) is 0 Å². The van der Waals surface area contributed by atoms with E-state index in [1.165, 1.54) is 5.56 Å². The van der Waals surface area contributed by atoms with Gasteiger partial charge in [-0.05, 0) is 69.1 Å². The van der Waals surface area contributed by atoms with Gasteiger partial charge in [-0.15, -0.1) is 0 Å². The van der Waals surface area contributed by atoms with E-state index in [4.69, 9.17) is 19.3 Å². The SMILES string of the molecule is COc1cccc(CCc2ccccc2OC[C@H](CN(C)C)OC(=O)CCCCCCC(=O)O)c1. The van der Waals surface area contributed by atoms with Crippen molar-refractivity contribution in [2.75, 3.05) is 34.4 Å². The Labute approximate surface area is 209 Å². The van der Waals surface area contributed by atoms with Gasteiger partial charge in [0.05, 0.1) is 7.11 Å². The smallest absolute Gasteiger partial charge is 0.306 e. The van der Waals surface area contributed by atoms with Crippen LogP contribution in [0.15, 0.2) is 48.5 Å². The lowest BCUT2D eigenvalue weighted by molar-refractivity contribution is -0.151. The minimum absolute atomic E-state index is 0.174. The van der Waals surface area contributed by atoms with Crippen molar-refractivity contribution in [2.24, 2.45) is 0 Å². The summed E-state index contributed by atoms with van der Waals surface area (Å²) in [4.78, 5) is 24.9. The highest BCUT2D eigenvalue weighted by atomic mass is 16.6. The van der Waals surface area contributed by atoms with Crippen LogP contribution in [0.3, 0.4) is 0 Å². The molecule has 192 valence electrons. The van der Waals surface area contributed by atoms with Gasteiger partial charge in [-0.1, -0.05) is 43.2 Å². The van der Waals surface area contributed by atoms with Gasteiger partial charge in [0.15, 0.2) is 0 Å². The number of esters is 1. The molecular formula is C28H39NO6. The Balaban J connectivity index is 1.86. The molecule has 0 saturated heterocycles. The van der Waals surface area contributed by atoms with E-state index >= 15 is 0 Å². The number of likely N-dealkylation sites (N-methyl/N-ethyl adjacent to an activating group) is 1. The molecule has 0 unspecified atom stereocenters. The summed E-state index contributed by atoms with van der Waals surface area (Å²) in [5.74, 6) is 0.622. The number of ether oxygens (including phenoxy) is 3. The maximum atomic E-state index is 12.4. The largest absolute Gasteiger partial charge is 0.497 e. The van der Waals surface area contributed by atoms with Crippen LogP contribution in [0.25, 0.3) is 0 Å². The van der Waals surface area contributed by atoms with Gasteiger partial charge in [0, 0.05) is 19.4 Å². The van der Waals surface area contributed by atoms with Crippen molar-refractivity contribution in [1.82, 2.24) is 4.90 Å². The first kappa shape index (κ1) is 28.2. The molecule has 7 heteroatoms. The molecule has 2 rings (SSSR count). The third-order valence-electron chi connectivity index (χ3n) is 5.60. The summed E-state index contributed by atoms with van der Waals surface area (Å²) >= 11 is 0. The number of carboxylic acids is 1. The van der Waals surface area contributed by atoms with Crippen LogP contribution >= 0.6 is 0 Å². The number of carbonyl (C=O) groups is 2. The van der Waals surface area contributed by atoms with E-state index in [0.29, 0.717) is 25.8 Å². The first-order chi connectivity index (χ1) is 16.9. The highest BCUT2D eigenvalue weighted by molar-refractivity contribution is 5.69. The molecule has 35 heavy (non-hydrogen) atoms. The topological polar surface area (TPSA) is 85.3 Å². The average Bonchev–Trinajstić information content (AvgIpc) is 2.83. The molecule has 0 spiro atoms. The number of benzene rings is 2. The molecular weight excluding hydrogens is 446 g/mol. The van der Waals surface area contributed by atoms with E-state index in [9.17, 15) is 9.59 Å². The molecule has 0 aliphatic rings. The van der Waals surface area contributed by atoms with Crippen molar-refractivity contribution in [3.63, 3.8) is 0 Å². The van der Waals surface area contributed by atoms with Crippen LogP contribution in [0.5, 0.6) is 11.5 Å². The fourth-order valence-electron chi connectivity index (χ4n) is 3.82. The van der Waals surface area contributed by atoms with E-state index in [1.807, 2.05) is 55.4 Å². The molecule has 2 aromatic carbocycles. The number of nitrogens with zero attached hydrogens (tertiary/aromatic N) is 1. The summed E-state index contributed by atoms with van der Waals surface area (Å²) in [6.45, 7) is 0.842. The molecule has 1 atom stereocenters. The molecule has 0 aliphatic carbocycles. The molecule has 0 aromatic heterocycles. The van der Waals surface area contributed by atoms with Crippen molar-refractivity contribution in [3.8, 4) is 11.5 Å². The first-order valence-electron chi connectivity index (χ1n) is 12.3. The molecule has 0 amide bonds. The number of hydrogen-bond acceptors (Lipinski definition) is 6. The lowest BCUT2D eigenvalue weighted by atomic mass is 10.0. The van der Waals surface area contributed by atoms with Gasteiger partial charge in [0.25, 0.3) is 0 Å². The number of aryl methyl sites for hydroxylation is 2. The van der Waals surface area contributed by atoms with Crippen molar-refractivity contribution >= 4 is 11.9 Å². The Hall–Kier alpha value is -3.06. The Bertz CT molecular complexity index is 914. The van der Waals surface area contributed by atoms with E-state index < -0.39 is 5.97 Å². The average molecular weight is 486 g/mol. The zero-order chi connectivity index (χ0) is 25.5. The molecule has 1 N–H and O–H groups in total. The quantitative estimate of drug-likeness (QED) is 0.255. The molecule has 0 saturated carbocycles. The number of hydrogen-bond donors (Lipinski definition) is 1. The van der Waals surface area contributed by atoms with Gasteiger partial charge in [0.2, 0.25) is 0 Å². The lowest BCUT2D eigenvalue weighted by Gasteiger charge is -2.22. The third-order valence-corrected chi connectivity index (χ3v) is 5.60. The summed E-state index contributed by atoms with van der Waals surface area (Å²) in [5.41, 5.74) is 2.30. The maximum Gasteiger partial charge on any atom is 0.306 e. The van der Waals surface area contributed by atoms with Crippen LogP contribution in [-0.4, -0.2) is 62.4 Å². The van der Waals surface area contributed by atoms with Crippen LogP contribution in [0.2, 0.25) is 0 Å². The van der Waals surface area contributed by atoms with Crippen LogP contribution < -0.4 is 9.47 Å². The maximum absolute atomic E-state index is 12.4. The van der Waals surface area contributed by atoms with Gasteiger partial charge in [0.1, 0.15) is 24.2 Å². The molecule has 0 aliphatic heterocycles. The van der Waals surface area contributed by atoms with E-state index in [1.54, 1.807) is 7.11 Å². The molecule has 0 heterocycles.